The van der Waals surface area contributed by atoms with Crippen LogP contribution in [-0.4, -0.2) is 38.6 Å². The second-order valence-corrected chi connectivity index (χ2v) is 11.8. The van der Waals surface area contributed by atoms with Crippen molar-refractivity contribution in [1.29, 1.82) is 0 Å². The summed E-state index contributed by atoms with van der Waals surface area (Å²) in [5, 5.41) is 1.20. The van der Waals surface area contributed by atoms with Gasteiger partial charge in [0.25, 0.3) is 0 Å². The minimum absolute atomic E-state index is 0.0631. The van der Waals surface area contributed by atoms with Gasteiger partial charge in [-0.3, -0.25) is 0 Å². The molecule has 0 spiro atoms. The Kier molecular flexibility index (Phi) is 12.1. The molecule has 2 aromatic carbocycles. The second kappa shape index (κ2) is 15.7. The van der Waals surface area contributed by atoms with Crippen molar-refractivity contribution >= 4 is 21.4 Å². The largest absolute Gasteiger partial charge is 0.493 e. The zero-order valence-corrected chi connectivity index (χ0v) is 24.7. The normalized spacial score (nSPS) is 19.5. The van der Waals surface area contributed by atoms with Crippen LogP contribution in [0.5, 0.6) is 5.75 Å². The third-order valence-electron chi connectivity index (χ3n) is 7.28. The molecule has 214 valence electrons. The summed E-state index contributed by atoms with van der Waals surface area (Å²) in [4.78, 5) is 1.15. The van der Waals surface area contributed by atoms with Gasteiger partial charge in [0.05, 0.1) is 31.5 Å². The molecule has 2 heterocycles. The van der Waals surface area contributed by atoms with E-state index in [0.717, 1.165) is 75.0 Å². The fourth-order valence-electron chi connectivity index (χ4n) is 5.04. The zero-order chi connectivity index (χ0) is 27.5. The molecule has 3 atom stereocenters. The van der Waals surface area contributed by atoms with Crippen LogP contribution in [-0.2, 0) is 20.6 Å². The van der Waals surface area contributed by atoms with E-state index in [-0.39, 0.29) is 24.1 Å². The number of ether oxygens (including phenoxy) is 4. The molecule has 4 nitrogen and oxygen atoms in total. The minimum Gasteiger partial charge on any atom is -0.493 e. The van der Waals surface area contributed by atoms with E-state index >= 15 is 4.39 Å². The Balaban J connectivity index is 1.60. The molecule has 0 radical (unpaired) electrons. The summed E-state index contributed by atoms with van der Waals surface area (Å²) < 4.78 is 41.8. The molecule has 1 saturated heterocycles. The Morgan fingerprint density at radius 2 is 1.69 bits per heavy atom. The van der Waals surface area contributed by atoms with Gasteiger partial charge in [0, 0.05) is 53.7 Å². The van der Waals surface area contributed by atoms with Crippen molar-refractivity contribution in [1.82, 2.24) is 0 Å². The Hall–Kier alpha value is -1.99. The van der Waals surface area contributed by atoms with Gasteiger partial charge in [0.2, 0.25) is 0 Å². The lowest BCUT2D eigenvalue weighted by molar-refractivity contribution is -0.138. The van der Waals surface area contributed by atoms with Crippen LogP contribution in [0.25, 0.3) is 10.1 Å². The molecule has 1 aromatic heterocycles. The van der Waals surface area contributed by atoms with Crippen LogP contribution in [0, 0.1) is 5.82 Å². The molecule has 0 N–H and O–H groups in total. The standard InChI is InChI=1S/C33H45FO4S/c1-4-7-14-35-23-27-20-26(36-15-8-5-2)21-32(38-27)29-19-25(30(34)22-31(29)37-16-9-6-3)18-28-17-24-12-10-11-13-33(24)39-28/h10-13,17,19,22,26-27,32H,4-9,14-16,18,20-21,23H2,1-3H3/t26-,27-,32+/m0/s1. The highest BCUT2D eigenvalue weighted by molar-refractivity contribution is 7.19. The zero-order valence-electron chi connectivity index (χ0n) is 23.9. The molecule has 0 bridgehead atoms. The molecule has 6 heteroatoms. The summed E-state index contributed by atoms with van der Waals surface area (Å²) in [7, 11) is 0. The van der Waals surface area contributed by atoms with Crippen molar-refractivity contribution in [3.8, 4) is 5.75 Å². The fourth-order valence-corrected chi connectivity index (χ4v) is 6.13. The van der Waals surface area contributed by atoms with Gasteiger partial charge in [-0.2, -0.15) is 0 Å². The lowest BCUT2D eigenvalue weighted by Gasteiger charge is -2.36. The number of unbranched alkanes of at least 4 members (excludes halogenated alkanes) is 3. The third kappa shape index (κ3) is 8.75. The van der Waals surface area contributed by atoms with E-state index in [2.05, 4.69) is 39.0 Å². The summed E-state index contributed by atoms with van der Waals surface area (Å²) in [5.41, 5.74) is 1.60. The molecule has 1 aliphatic rings. The molecular weight excluding hydrogens is 511 g/mol. The predicted molar refractivity (Wildman–Crippen MR) is 159 cm³/mol. The van der Waals surface area contributed by atoms with Crippen molar-refractivity contribution in [2.45, 2.75) is 96.9 Å². The molecule has 39 heavy (non-hydrogen) atoms. The fraction of sp³-hybridized carbons (Fsp3) is 0.576. The topological polar surface area (TPSA) is 36.9 Å². The molecule has 0 amide bonds. The first-order chi connectivity index (χ1) is 19.1. The lowest BCUT2D eigenvalue weighted by atomic mass is 9.93. The summed E-state index contributed by atoms with van der Waals surface area (Å²) in [5.74, 6) is 0.361. The van der Waals surface area contributed by atoms with E-state index in [4.69, 9.17) is 18.9 Å². The smallest absolute Gasteiger partial charge is 0.130 e. The Morgan fingerprint density at radius 3 is 2.49 bits per heavy atom. The van der Waals surface area contributed by atoms with E-state index in [1.54, 1.807) is 17.4 Å². The first-order valence-electron chi connectivity index (χ1n) is 14.9. The number of hydrogen-bond acceptors (Lipinski definition) is 5. The van der Waals surface area contributed by atoms with E-state index in [9.17, 15) is 0 Å². The Labute approximate surface area is 237 Å². The number of benzene rings is 2. The van der Waals surface area contributed by atoms with Crippen molar-refractivity contribution < 1.29 is 23.3 Å². The van der Waals surface area contributed by atoms with Crippen molar-refractivity contribution in [2.24, 2.45) is 0 Å². The SMILES string of the molecule is CCCCOC[C@@H]1C[C@H](OCCCC)C[C@H](c2cc(Cc3cc4ccccc4s3)c(F)cc2OCCCC)O1. The van der Waals surface area contributed by atoms with E-state index in [1.165, 1.54) is 10.1 Å². The summed E-state index contributed by atoms with van der Waals surface area (Å²) >= 11 is 1.72. The van der Waals surface area contributed by atoms with E-state index in [1.807, 2.05) is 18.2 Å². The number of halogens is 1. The van der Waals surface area contributed by atoms with Gasteiger partial charge < -0.3 is 18.9 Å². The molecule has 0 saturated carbocycles. The highest BCUT2D eigenvalue weighted by Crippen LogP contribution is 2.40. The highest BCUT2D eigenvalue weighted by Gasteiger charge is 2.33. The van der Waals surface area contributed by atoms with Crippen LogP contribution in [0.3, 0.4) is 0 Å². The molecule has 4 rings (SSSR count). The van der Waals surface area contributed by atoms with Gasteiger partial charge in [-0.15, -0.1) is 11.3 Å². The highest BCUT2D eigenvalue weighted by atomic mass is 32.1. The van der Waals surface area contributed by atoms with Gasteiger partial charge in [-0.05, 0) is 48.4 Å². The predicted octanol–water partition coefficient (Wildman–Crippen LogP) is 9.03. The van der Waals surface area contributed by atoms with Crippen molar-refractivity contribution in [3.05, 3.63) is 64.3 Å². The van der Waals surface area contributed by atoms with Crippen LogP contribution in [0.2, 0.25) is 0 Å². The maximum Gasteiger partial charge on any atom is 0.130 e. The van der Waals surface area contributed by atoms with Crippen molar-refractivity contribution in [2.75, 3.05) is 26.4 Å². The van der Waals surface area contributed by atoms with E-state index in [0.29, 0.717) is 30.9 Å². The summed E-state index contributed by atoms with van der Waals surface area (Å²) in [6.45, 7) is 9.07. The Morgan fingerprint density at radius 1 is 0.923 bits per heavy atom. The third-order valence-corrected chi connectivity index (χ3v) is 8.40. The van der Waals surface area contributed by atoms with Gasteiger partial charge in [-0.25, -0.2) is 4.39 Å². The average molecular weight is 557 g/mol. The van der Waals surface area contributed by atoms with Gasteiger partial charge in [-0.1, -0.05) is 58.2 Å². The molecule has 0 aliphatic carbocycles. The first-order valence-corrected chi connectivity index (χ1v) is 15.7. The first kappa shape index (κ1) is 30.0. The number of fused-ring (bicyclic) bond motifs is 1. The van der Waals surface area contributed by atoms with Crippen LogP contribution >= 0.6 is 11.3 Å². The quantitative estimate of drug-likeness (QED) is 0.165. The lowest BCUT2D eigenvalue weighted by Crippen LogP contribution is -2.36. The number of rotatable bonds is 16. The summed E-state index contributed by atoms with van der Waals surface area (Å²) in [6, 6.07) is 14.0. The van der Waals surface area contributed by atoms with Crippen LogP contribution < -0.4 is 4.74 Å². The molecule has 1 fully saturated rings. The molecule has 3 aromatic rings. The molecule has 0 unspecified atom stereocenters. The Bertz CT molecular complexity index is 1110. The van der Waals surface area contributed by atoms with Crippen LogP contribution in [0.1, 0.15) is 94.2 Å². The van der Waals surface area contributed by atoms with Gasteiger partial charge in [0.15, 0.2) is 0 Å². The van der Waals surface area contributed by atoms with Gasteiger partial charge >= 0.3 is 0 Å². The maximum atomic E-state index is 15.5. The number of hydrogen-bond donors (Lipinski definition) is 0. The summed E-state index contributed by atoms with van der Waals surface area (Å²) in [6.07, 6.45) is 8.10. The molecule has 1 aliphatic heterocycles. The average Bonchev–Trinajstić information content (AvgIpc) is 3.35. The second-order valence-electron chi connectivity index (χ2n) is 10.6. The number of thiophene rings is 1. The monoisotopic (exact) mass is 556 g/mol. The van der Waals surface area contributed by atoms with Gasteiger partial charge in [0.1, 0.15) is 11.6 Å². The maximum absolute atomic E-state index is 15.5. The molecular formula is C33H45FO4S. The minimum atomic E-state index is -0.233. The van der Waals surface area contributed by atoms with Crippen LogP contribution in [0.4, 0.5) is 4.39 Å². The van der Waals surface area contributed by atoms with Crippen molar-refractivity contribution in [3.63, 3.8) is 0 Å². The van der Waals surface area contributed by atoms with E-state index < -0.39 is 0 Å². The van der Waals surface area contributed by atoms with Crippen LogP contribution in [0.15, 0.2) is 42.5 Å².